The molecule has 1 aliphatic rings. The van der Waals surface area contributed by atoms with Gasteiger partial charge >= 0.3 is 0 Å². The second kappa shape index (κ2) is 8.42. The quantitative estimate of drug-likeness (QED) is 0.512. The highest BCUT2D eigenvalue weighted by Gasteiger charge is 2.23. The molecule has 0 aliphatic carbocycles. The van der Waals surface area contributed by atoms with E-state index in [2.05, 4.69) is 15.6 Å². The van der Waals surface area contributed by atoms with Gasteiger partial charge in [-0.25, -0.2) is 4.99 Å². The largest absolute Gasteiger partial charge is 0.454 e. The molecule has 1 unspecified atom stereocenters. The monoisotopic (exact) mass is 375 g/mol. The third-order valence-corrected chi connectivity index (χ3v) is 4.86. The van der Waals surface area contributed by atoms with E-state index in [1.54, 1.807) is 18.3 Å². The van der Waals surface area contributed by atoms with Crippen molar-refractivity contribution in [1.82, 2.24) is 10.6 Å². The van der Waals surface area contributed by atoms with Gasteiger partial charge in [-0.1, -0.05) is 6.07 Å². The zero-order valence-corrected chi connectivity index (χ0v) is 15.9. The van der Waals surface area contributed by atoms with Crippen molar-refractivity contribution in [3.05, 3.63) is 46.2 Å². The van der Waals surface area contributed by atoms with E-state index in [0.29, 0.717) is 12.5 Å². The lowest BCUT2D eigenvalue weighted by Gasteiger charge is -2.21. The molecule has 3 N–H and O–H groups in total. The second-order valence-electron chi connectivity index (χ2n) is 6.35. The molecule has 0 radical (unpaired) electrons. The van der Waals surface area contributed by atoms with Gasteiger partial charge in [-0.15, -0.1) is 0 Å². The topological polar surface area (TPSA) is 75.1 Å². The van der Waals surface area contributed by atoms with Crippen LogP contribution in [0.5, 0.6) is 11.5 Å². The van der Waals surface area contributed by atoms with Crippen LogP contribution in [0.25, 0.3) is 0 Å². The van der Waals surface area contributed by atoms with E-state index in [9.17, 15) is 5.11 Å². The molecule has 0 saturated carbocycles. The van der Waals surface area contributed by atoms with Crippen molar-refractivity contribution in [3.8, 4) is 11.5 Å². The summed E-state index contributed by atoms with van der Waals surface area (Å²) in [7, 11) is 0. The van der Waals surface area contributed by atoms with Gasteiger partial charge in [0, 0.05) is 13.1 Å². The number of thiophene rings is 1. The third-order valence-electron chi connectivity index (χ3n) is 4.18. The van der Waals surface area contributed by atoms with E-state index in [-0.39, 0.29) is 6.79 Å². The molecule has 2 aromatic rings. The van der Waals surface area contributed by atoms with Gasteiger partial charge in [0.15, 0.2) is 17.5 Å². The lowest BCUT2D eigenvalue weighted by atomic mass is 10.00. The number of ether oxygens (including phenoxy) is 2. The standard InChI is InChI=1S/C19H25N3O3S/c1-3-20-18(22-12-19(2,23)15-7-9-26-11-15)21-8-6-14-4-5-16-17(10-14)25-13-24-16/h4-5,7,9-11,23H,3,6,8,12-13H2,1-2H3,(H2,20,21,22). The Balaban J connectivity index is 1.54. The van der Waals surface area contributed by atoms with Crippen LogP contribution in [0.4, 0.5) is 0 Å². The molecular formula is C19H25N3O3S. The maximum atomic E-state index is 10.6. The summed E-state index contributed by atoms with van der Waals surface area (Å²) in [4.78, 5) is 4.53. The normalized spacial score (nSPS) is 15.6. The van der Waals surface area contributed by atoms with Gasteiger partial charge < -0.3 is 25.2 Å². The zero-order chi connectivity index (χ0) is 18.4. The first kappa shape index (κ1) is 18.5. The maximum Gasteiger partial charge on any atom is 0.231 e. The van der Waals surface area contributed by atoms with Crippen molar-refractivity contribution < 1.29 is 14.6 Å². The van der Waals surface area contributed by atoms with Gasteiger partial charge in [-0.2, -0.15) is 11.3 Å². The number of nitrogens with one attached hydrogen (secondary N) is 2. The van der Waals surface area contributed by atoms with E-state index in [1.165, 1.54) is 5.56 Å². The van der Waals surface area contributed by atoms with Crippen LogP contribution < -0.4 is 20.1 Å². The number of aliphatic imine (C=N–C) groups is 1. The van der Waals surface area contributed by atoms with Crippen molar-refractivity contribution in [1.29, 1.82) is 0 Å². The number of hydrogen-bond donors (Lipinski definition) is 3. The minimum absolute atomic E-state index is 0.290. The van der Waals surface area contributed by atoms with Crippen LogP contribution >= 0.6 is 11.3 Å². The summed E-state index contributed by atoms with van der Waals surface area (Å²) in [5.41, 5.74) is 1.09. The van der Waals surface area contributed by atoms with Gasteiger partial charge in [0.2, 0.25) is 6.79 Å². The number of hydrogen-bond acceptors (Lipinski definition) is 5. The number of rotatable bonds is 7. The number of fused-ring (bicyclic) bond motifs is 1. The SMILES string of the molecule is CCNC(=NCC(C)(O)c1ccsc1)NCCc1ccc2c(c1)OCO2. The predicted molar refractivity (Wildman–Crippen MR) is 104 cm³/mol. The fraction of sp³-hybridized carbons (Fsp3) is 0.421. The Bertz CT molecular complexity index is 744. The molecule has 7 heteroatoms. The lowest BCUT2D eigenvalue weighted by Crippen LogP contribution is -2.39. The summed E-state index contributed by atoms with van der Waals surface area (Å²) >= 11 is 1.57. The minimum Gasteiger partial charge on any atom is -0.454 e. The number of nitrogens with zero attached hydrogens (tertiary/aromatic N) is 1. The first-order valence-corrected chi connectivity index (χ1v) is 9.68. The Morgan fingerprint density at radius 3 is 2.88 bits per heavy atom. The summed E-state index contributed by atoms with van der Waals surface area (Å²) < 4.78 is 10.7. The number of benzene rings is 1. The predicted octanol–water partition coefficient (Wildman–Crippen LogP) is 2.48. The average Bonchev–Trinajstić information content (AvgIpc) is 3.31. The smallest absolute Gasteiger partial charge is 0.231 e. The summed E-state index contributed by atoms with van der Waals surface area (Å²) in [6, 6.07) is 7.92. The molecule has 0 amide bonds. The van der Waals surface area contributed by atoms with Crippen LogP contribution in [0.2, 0.25) is 0 Å². The van der Waals surface area contributed by atoms with Crippen molar-refractivity contribution in [2.45, 2.75) is 25.9 Å². The van der Waals surface area contributed by atoms with Gasteiger partial charge in [0.25, 0.3) is 0 Å². The summed E-state index contributed by atoms with van der Waals surface area (Å²) in [5, 5.41) is 21.0. The van der Waals surface area contributed by atoms with Gasteiger partial charge in [-0.05, 0) is 60.4 Å². The first-order valence-electron chi connectivity index (χ1n) is 8.74. The molecule has 0 spiro atoms. The number of aliphatic hydroxyl groups is 1. The summed E-state index contributed by atoms with van der Waals surface area (Å²) in [6.07, 6.45) is 0.835. The van der Waals surface area contributed by atoms with E-state index in [4.69, 9.17) is 9.47 Å². The molecule has 0 fully saturated rings. The highest BCUT2D eigenvalue weighted by molar-refractivity contribution is 7.08. The molecule has 0 bridgehead atoms. The number of guanidine groups is 1. The Morgan fingerprint density at radius 1 is 1.27 bits per heavy atom. The Labute approximate surface area is 157 Å². The van der Waals surface area contributed by atoms with E-state index < -0.39 is 5.60 Å². The van der Waals surface area contributed by atoms with E-state index >= 15 is 0 Å². The molecule has 140 valence electrons. The molecule has 3 rings (SSSR count). The molecular weight excluding hydrogens is 350 g/mol. The van der Waals surface area contributed by atoms with Crippen molar-refractivity contribution in [2.75, 3.05) is 26.4 Å². The molecule has 0 saturated heterocycles. The molecule has 1 aromatic heterocycles. The zero-order valence-electron chi connectivity index (χ0n) is 15.1. The van der Waals surface area contributed by atoms with Crippen LogP contribution in [0.1, 0.15) is 25.0 Å². The van der Waals surface area contributed by atoms with Gasteiger partial charge in [0.05, 0.1) is 6.54 Å². The van der Waals surface area contributed by atoms with Gasteiger partial charge in [0.1, 0.15) is 5.60 Å². The fourth-order valence-electron chi connectivity index (χ4n) is 2.66. The van der Waals surface area contributed by atoms with Gasteiger partial charge in [-0.3, -0.25) is 0 Å². The van der Waals surface area contributed by atoms with Crippen LogP contribution in [-0.4, -0.2) is 37.5 Å². The van der Waals surface area contributed by atoms with Crippen LogP contribution in [0.3, 0.4) is 0 Å². The minimum atomic E-state index is -0.973. The van der Waals surface area contributed by atoms with E-state index in [0.717, 1.165) is 36.6 Å². The van der Waals surface area contributed by atoms with Crippen LogP contribution in [-0.2, 0) is 12.0 Å². The van der Waals surface area contributed by atoms with Crippen LogP contribution in [0, 0.1) is 0 Å². The highest BCUT2D eigenvalue weighted by Crippen LogP contribution is 2.32. The highest BCUT2D eigenvalue weighted by atomic mass is 32.1. The maximum absolute atomic E-state index is 10.6. The van der Waals surface area contributed by atoms with Crippen LogP contribution in [0.15, 0.2) is 40.0 Å². The molecule has 1 atom stereocenters. The lowest BCUT2D eigenvalue weighted by molar-refractivity contribution is 0.0677. The van der Waals surface area contributed by atoms with Crippen molar-refractivity contribution in [2.24, 2.45) is 4.99 Å². The summed E-state index contributed by atoms with van der Waals surface area (Å²) in [6.45, 7) is 5.88. The first-order chi connectivity index (χ1) is 12.6. The van der Waals surface area contributed by atoms with Crippen molar-refractivity contribution in [3.63, 3.8) is 0 Å². The fourth-order valence-corrected chi connectivity index (χ4v) is 3.44. The second-order valence-corrected chi connectivity index (χ2v) is 7.13. The average molecular weight is 375 g/mol. The molecule has 1 aliphatic heterocycles. The third kappa shape index (κ3) is 4.68. The Morgan fingerprint density at radius 2 is 2.12 bits per heavy atom. The van der Waals surface area contributed by atoms with Crippen molar-refractivity contribution >= 4 is 17.3 Å². The van der Waals surface area contributed by atoms with E-state index in [1.807, 2.05) is 41.9 Å². The Kier molecular flexibility index (Phi) is 6.00. The molecule has 1 aromatic carbocycles. The molecule has 6 nitrogen and oxygen atoms in total. The molecule has 2 heterocycles. The summed E-state index contributed by atoms with van der Waals surface area (Å²) in [5.74, 6) is 2.30. The molecule has 26 heavy (non-hydrogen) atoms. The Hall–Kier alpha value is -2.25.